The minimum absolute atomic E-state index is 0.143. The molecule has 0 spiro atoms. The molecule has 0 amide bonds. The van der Waals surface area contributed by atoms with Crippen LogP contribution in [0.15, 0.2) is 28.7 Å². The zero-order chi connectivity index (χ0) is 17.7. The largest absolute Gasteiger partial charge is 0.469 e. The van der Waals surface area contributed by atoms with Gasteiger partial charge in [0, 0.05) is 4.47 Å². The summed E-state index contributed by atoms with van der Waals surface area (Å²) in [5.74, 6) is -0.0737. The van der Waals surface area contributed by atoms with Crippen LogP contribution in [0.25, 0.3) is 0 Å². The highest BCUT2D eigenvalue weighted by Crippen LogP contribution is 2.37. The monoisotopic (exact) mass is 446 g/mol. The molecule has 128 valence electrons. The molecule has 0 aromatic heterocycles. The van der Waals surface area contributed by atoms with Crippen molar-refractivity contribution in [2.24, 2.45) is 5.41 Å². The topological polar surface area (TPSA) is 43.4 Å². The Hall–Kier alpha value is -0.680. The molecule has 0 fully saturated rings. The van der Waals surface area contributed by atoms with Crippen LogP contribution in [-0.2, 0) is 19.7 Å². The molecule has 0 heterocycles. The first kappa shape index (κ1) is 20.4. The highest BCUT2D eigenvalue weighted by Gasteiger charge is 2.36. The number of Topliss-reactive ketones (excluding diaryl/α,β-unsaturated/α-hetero) is 1. The van der Waals surface area contributed by atoms with Gasteiger partial charge in [-0.1, -0.05) is 57.8 Å². The van der Waals surface area contributed by atoms with Crippen molar-refractivity contribution < 1.29 is 14.3 Å². The van der Waals surface area contributed by atoms with Crippen molar-refractivity contribution in [1.82, 2.24) is 0 Å². The molecule has 0 radical (unpaired) electrons. The van der Waals surface area contributed by atoms with Gasteiger partial charge in [0.15, 0.2) is 5.78 Å². The zero-order valence-electron chi connectivity index (χ0n) is 14.1. The number of methoxy groups -OCH3 is 1. The summed E-state index contributed by atoms with van der Waals surface area (Å²) in [4.78, 5) is 24.1. The highest BCUT2D eigenvalue weighted by molar-refractivity contribution is 9.10. The zero-order valence-corrected chi connectivity index (χ0v) is 17.3. The van der Waals surface area contributed by atoms with Gasteiger partial charge in [-0.25, -0.2) is 0 Å². The van der Waals surface area contributed by atoms with E-state index in [-0.39, 0.29) is 17.2 Å². The fraction of sp³-hybridized carbons (Fsp3) is 0.556. The number of alkyl halides is 1. The van der Waals surface area contributed by atoms with Gasteiger partial charge in [0.25, 0.3) is 0 Å². The first-order valence-electron chi connectivity index (χ1n) is 7.57. The van der Waals surface area contributed by atoms with Crippen LogP contribution in [0.3, 0.4) is 0 Å². The molecule has 1 unspecified atom stereocenters. The molecule has 5 heteroatoms. The predicted octanol–water partition coefficient (Wildman–Crippen LogP) is 5.04. The second-order valence-corrected chi connectivity index (χ2v) is 8.29. The van der Waals surface area contributed by atoms with Crippen LogP contribution in [-0.4, -0.2) is 24.2 Å². The number of rotatable bonds is 8. The summed E-state index contributed by atoms with van der Waals surface area (Å²) in [5, 5.41) is 0.313. The molecule has 0 aliphatic heterocycles. The highest BCUT2D eigenvalue weighted by atomic mass is 79.9. The van der Waals surface area contributed by atoms with Gasteiger partial charge < -0.3 is 4.74 Å². The summed E-state index contributed by atoms with van der Waals surface area (Å²) < 4.78 is 5.72. The number of halogens is 2. The van der Waals surface area contributed by atoms with Crippen molar-refractivity contribution in [2.45, 2.75) is 45.4 Å². The Labute approximate surface area is 155 Å². The van der Waals surface area contributed by atoms with E-state index in [1.165, 1.54) is 7.11 Å². The normalized spacial score (nSPS) is 14.2. The lowest BCUT2D eigenvalue weighted by molar-refractivity contribution is -0.143. The van der Waals surface area contributed by atoms with Crippen molar-refractivity contribution >= 4 is 43.6 Å². The maximum atomic E-state index is 12.6. The van der Waals surface area contributed by atoms with Crippen LogP contribution in [0.1, 0.15) is 45.6 Å². The molecule has 1 rings (SSSR count). The number of carbonyl (C=O) groups is 2. The fourth-order valence-corrected chi connectivity index (χ4v) is 3.58. The summed E-state index contributed by atoms with van der Waals surface area (Å²) in [6.07, 6.45) is 1.78. The number of carbonyl (C=O) groups excluding carboxylic acids is 2. The van der Waals surface area contributed by atoms with E-state index >= 15 is 0 Å². The van der Waals surface area contributed by atoms with Crippen LogP contribution >= 0.6 is 31.9 Å². The summed E-state index contributed by atoms with van der Waals surface area (Å²) in [6, 6.07) is 7.87. The first-order chi connectivity index (χ1) is 10.6. The van der Waals surface area contributed by atoms with Crippen molar-refractivity contribution in [3.05, 3.63) is 34.3 Å². The molecule has 23 heavy (non-hydrogen) atoms. The van der Waals surface area contributed by atoms with E-state index in [0.717, 1.165) is 16.5 Å². The van der Waals surface area contributed by atoms with Crippen molar-refractivity contribution in [3.63, 3.8) is 0 Å². The molecule has 1 aromatic rings. The summed E-state index contributed by atoms with van der Waals surface area (Å²) in [5.41, 5.74) is 0.193. The lowest BCUT2D eigenvalue weighted by Gasteiger charge is -2.32. The van der Waals surface area contributed by atoms with E-state index in [1.807, 2.05) is 45.0 Å². The second kappa shape index (κ2) is 8.43. The van der Waals surface area contributed by atoms with Crippen LogP contribution in [0.4, 0.5) is 0 Å². The Kier molecular flexibility index (Phi) is 7.46. The standard InChI is InChI=1S/C18H24Br2O3/c1-17(2,11-16(22)23-4)8-9-18(3,15(21)12-19)13-6-5-7-14(20)10-13/h5-7,10H,8-9,11-12H2,1-4H3. The van der Waals surface area contributed by atoms with Gasteiger partial charge in [0.05, 0.1) is 24.3 Å². The minimum Gasteiger partial charge on any atom is -0.469 e. The Morgan fingerprint density at radius 2 is 1.83 bits per heavy atom. The fourth-order valence-electron chi connectivity index (χ4n) is 2.56. The van der Waals surface area contributed by atoms with E-state index in [9.17, 15) is 9.59 Å². The maximum absolute atomic E-state index is 12.6. The van der Waals surface area contributed by atoms with Crippen molar-refractivity contribution in [1.29, 1.82) is 0 Å². The van der Waals surface area contributed by atoms with Crippen LogP contribution in [0, 0.1) is 5.41 Å². The second-order valence-electron chi connectivity index (χ2n) is 6.82. The molecule has 0 N–H and O–H groups in total. The molecule has 0 aliphatic carbocycles. The molecule has 0 saturated carbocycles. The van der Waals surface area contributed by atoms with Crippen LogP contribution in [0.5, 0.6) is 0 Å². The third-order valence-electron chi connectivity index (χ3n) is 4.35. The average Bonchev–Trinajstić information content (AvgIpc) is 2.51. The van der Waals surface area contributed by atoms with Gasteiger partial charge in [0.2, 0.25) is 0 Å². The smallest absolute Gasteiger partial charge is 0.306 e. The Morgan fingerprint density at radius 3 is 2.35 bits per heavy atom. The van der Waals surface area contributed by atoms with Crippen molar-refractivity contribution in [3.8, 4) is 0 Å². The molecular weight excluding hydrogens is 424 g/mol. The Balaban J connectivity index is 3.00. The number of hydrogen-bond donors (Lipinski definition) is 0. The minimum atomic E-state index is -0.583. The average molecular weight is 448 g/mol. The third kappa shape index (κ3) is 5.71. The van der Waals surface area contributed by atoms with Gasteiger partial charge in [-0.05, 0) is 42.9 Å². The molecular formula is C18H24Br2O3. The number of ketones is 1. The van der Waals surface area contributed by atoms with Crippen molar-refractivity contribution in [2.75, 3.05) is 12.4 Å². The Morgan fingerprint density at radius 1 is 1.17 bits per heavy atom. The summed E-state index contributed by atoms with van der Waals surface area (Å²) in [6.45, 7) is 6.04. The van der Waals surface area contributed by atoms with Gasteiger partial charge in [-0.3, -0.25) is 9.59 Å². The number of benzene rings is 1. The number of esters is 1. The predicted molar refractivity (Wildman–Crippen MR) is 99.9 cm³/mol. The van der Waals surface area contributed by atoms with E-state index in [1.54, 1.807) is 0 Å². The molecule has 0 saturated heterocycles. The van der Waals surface area contributed by atoms with E-state index < -0.39 is 5.41 Å². The van der Waals surface area contributed by atoms with Gasteiger partial charge >= 0.3 is 5.97 Å². The summed E-state index contributed by atoms with van der Waals surface area (Å²) in [7, 11) is 1.40. The maximum Gasteiger partial charge on any atom is 0.306 e. The summed E-state index contributed by atoms with van der Waals surface area (Å²) >= 11 is 6.78. The Bertz CT molecular complexity index is 569. The number of ether oxygens (including phenoxy) is 1. The quantitative estimate of drug-likeness (QED) is 0.414. The van der Waals surface area contributed by atoms with Crippen LogP contribution in [0.2, 0.25) is 0 Å². The van der Waals surface area contributed by atoms with Crippen LogP contribution < -0.4 is 0 Å². The van der Waals surface area contributed by atoms with Gasteiger partial charge in [-0.15, -0.1) is 0 Å². The molecule has 1 aromatic carbocycles. The van der Waals surface area contributed by atoms with Gasteiger partial charge in [-0.2, -0.15) is 0 Å². The van der Waals surface area contributed by atoms with E-state index in [2.05, 4.69) is 31.9 Å². The number of hydrogen-bond acceptors (Lipinski definition) is 3. The molecule has 0 bridgehead atoms. The lowest BCUT2D eigenvalue weighted by atomic mass is 9.71. The van der Waals surface area contributed by atoms with E-state index in [4.69, 9.17) is 4.74 Å². The first-order valence-corrected chi connectivity index (χ1v) is 9.48. The van der Waals surface area contributed by atoms with E-state index in [0.29, 0.717) is 18.2 Å². The lowest BCUT2D eigenvalue weighted by Crippen LogP contribution is -2.35. The molecule has 3 nitrogen and oxygen atoms in total. The SMILES string of the molecule is COC(=O)CC(C)(C)CCC(C)(C(=O)CBr)c1cccc(Br)c1. The molecule has 1 atom stereocenters. The van der Waals surface area contributed by atoms with Gasteiger partial charge in [0.1, 0.15) is 0 Å². The third-order valence-corrected chi connectivity index (χ3v) is 5.35. The molecule has 0 aliphatic rings.